The number of aromatic nitrogens is 1. The van der Waals surface area contributed by atoms with Crippen molar-refractivity contribution >= 4 is 11.6 Å². The molecule has 0 saturated carbocycles. The van der Waals surface area contributed by atoms with Crippen molar-refractivity contribution in [2.45, 2.75) is 56.6 Å². The molecule has 1 saturated heterocycles. The summed E-state index contributed by atoms with van der Waals surface area (Å²) >= 11 is 0. The van der Waals surface area contributed by atoms with Gasteiger partial charge in [-0.3, -0.25) is 15.1 Å². The van der Waals surface area contributed by atoms with Crippen LogP contribution in [0.3, 0.4) is 0 Å². The van der Waals surface area contributed by atoms with Crippen LogP contribution in [0.4, 0.5) is 45.2 Å². The predicted octanol–water partition coefficient (Wildman–Crippen LogP) is 7.39. The number of nitrogens with zero attached hydrogens (tertiary/aromatic N) is 2. The first-order valence-electron chi connectivity index (χ1n) is 12.0. The van der Waals surface area contributed by atoms with Gasteiger partial charge in [0.05, 0.1) is 17.6 Å². The number of carbonyl (C=O) groups is 1. The van der Waals surface area contributed by atoms with Gasteiger partial charge < -0.3 is 9.64 Å². The zero-order valence-electron chi connectivity index (χ0n) is 21.3. The van der Waals surface area contributed by atoms with Crippen molar-refractivity contribution in [3.05, 3.63) is 89.2 Å². The second kappa shape index (κ2) is 10.5. The molecule has 4 rings (SSSR count). The topological polar surface area (TPSA) is 54.5 Å². The molecule has 2 atom stereocenters. The molecule has 0 bridgehead atoms. The third-order valence-electron chi connectivity index (χ3n) is 6.57. The number of halogens is 9. The number of anilines is 1. The Labute approximate surface area is 227 Å². The van der Waals surface area contributed by atoms with E-state index in [-0.39, 0.29) is 17.7 Å². The molecule has 0 radical (unpaired) electrons. The monoisotopic (exact) mass is 591 g/mol. The van der Waals surface area contributed by atoms with Crippen LogP contribution in [-0.2, 0) is 22.7 Å². The number of benzene rings is 2. The van der Waals surface area contributed by atoms with Crippen molar-refractivity contribution in [3.8, 4) is 5.75 Å². The highest BCUT2D eigenvalue weighted by Gasteiger charge is 2.44. The van der Waals surface area contributed by atoms with E-state index < -0.39 is 59.3 Å². The van der Waals surface area contributed by atoms with E-state index in [4.69, 9.17) is 0 Å². The summed E-state index contributed by atoms with van der Waals surface area (Å²) in [4.78, 5) is 18.3. The Morgan fingerprint density at radius 3 is 2.02 bits per heavy atom. The summed E-state index contributed by atoms with van der Waals surface area (Å²) in [5.41, 5.74) is -2.59. The molecule has 3 aromatic rings. The smallest absolute Gasteiger partial charge is 0.406 e. The van der Waals surface area contributed by atoms with Gasteiger partial charge >= 0.3 is 18.7 Å². The van der Waals surface area contributed by atoms with Crippen molar-refractivity contribution in [2.75, 3.05) is 4.90 Å². The minimum absolute atomic E-state index is 0.0349. The van der Waals surface area contributed by atoms with Crippen LogP contribution < -0.4 is 15.0 Å². The fraction of sp³-hybridized carbons (Fsp3) is 0.333. The molecule has 14 heteroatoms. The number of alkyl halides is 9. The number of hydrogen-bond donors (Lipinski definition) is 1. The van der Waals surface area contributed by atoms with Gasteiger partial charge in [0.25, 0.3) is 0 Å². The summed E-state index contributed by atoms with van der Waals surface area (Å²) in [5.74, 6) is -1.16. The largest absolute Gasteiger partial charge is 0.573 e. The zero-order valence-corrected chi connectivity index (χ0v) is 21.3. The van der Waals surface area contributed by atoms with E-state index in [1.807, 2.05) is 0 Å². The summed E-state index contributed by atoms with van der Waals surface area (Å²) < 4.78 is 121. The van der Waals surface area contributed by atoms with Crippen LogP contribution >= 0.6 is 0 Å². The van der Waals surface area contributed by atoms with Gasteiger partial charge in [-0.05, 0) is 73.9 Å². The standard InChI is InChI=1S/C27H22F9N3O2/c1-24(2,17-8-11-22(37-14-17)26(31,32)33)38-20-13-21(15-4-3-5-19(12-15)41-27(34,35)36)39(23(20)40)18-9-6-16(7-10-18)25(28,29)30/h3-12,14,20-21,38H,13H2,1-2H3. The summed E-state index contributed by atoms with van der Waals surface area (Å²) in [7, 11) is 0. The normalized spacial score (nSPS) is 18.6. The fourth-order valence-electron chi connectivity index (χ4n) is 4.64. The van der Waals surface area contributed by atoms with Crippen LogP contribution in [0, 0.1) is 0 Å². The van der Waals surface area contributed by atoms with E-state index in [0.29, 0.717) is 5.56 Å². The molecule has 1 aromatic heterocycles. The zero-order chi connectivity index (χ0) is 30.4. The molecule has 1 amide bonds. The molecule has 1 aliphatic rings. The SMILES string of the molecule is CC(C)(NC1CC(c2cccc(OC(F)(F)F)c2)N(c2ccc(C(F)(F)F)cc2)C1=O)c1ccc(C(F)(F)F)nc1. The average molecular weight is 591 g/mol. The molecular weight excluding hydrogens is 569 g/mol. The number of ether oxygens (including phenoxy) is 1. The lowest BCUT2D eigenvalue weighted by Crippen LogP contribution is -2.47. The van der Waals surface area contributed by atoms with E-state index in [2.05, 4.69) is 15.0 Å². The molecule has 0 aliphatic carbocycles. The molecule has 41 heavy (non-hydrogen) atoms. The van der Waals surface area contributed by atoms with Crippen LogP contribution in [0.2, 0.25) is 0 Å². The molecular formula is C27H22F9N3O2. The van der Waals surface area contributed by atoms with Crippen LogP contribution in [0.5, 0.6) is 5.75 Å². The minimum atomic E-state index is -4.99. The number of nitrogens with one attached hydrogen (secondary N) is 1. The maximum Gasteiger partial charge on any atom is 0.573 e. The van der Waals surface area contributed by atoms with E-state index in [1.54, 1.807) is 13.8 Å². The number of pyridine rings is 1. The van der Waals surface area contributed by atoms with E-state index >= 15 is 0 Å². The van der Waals surface area contributed by atoms with Crippen LogP contribution in [0.15, 0.2) is 66.9 Å². The molecule has 220 valence electrons. The van der Waals surface area contributed by atoms with Gasteiger partial charge in [-0.1, -0.05) is 18.2 Å². The minimum Gasteiger partial charge on any atom is -0.406 e. The molecule has 1 N–H and O–H groups in total. The van der Waals surface area contributed by atoms with Crippen molar-refractivity contribution in [3.63, 3.8) is 0 Å². The van der Waals surface area contributed by atoms with Crippen LogP contribution in [0.25, 0.3) is 0 Å². The lowest BCUT2D eigenvalue weighted by molar-refractivity contribution is -0.274. The quantitative estimate of drug-likeness (QED) is 0.304. The van der Waals surface area contributed by atoms with Gasteiger partial charge in [-0.15, -0.1) is 13.2 Å². The van der Waals surface area contributed by atoms with Gasteiger partial charge in [-0.2, -0.15) is 26.3 Å². The maximum absolute atomic E-state index is 13.6. The van der Waals surface area contributed by atoms with E-state index in [0.717, 1.165) is 48.7 Å². The number of amides is 1. The van der Waals surface area contributed by atoms with Gasteiger partial charge in [0.1, 0.15) is 11.4 Å². The molecule has 2 heterocycles. The van der Waals surface area contributed by atoms with Crippen molar-refractivity contribution in [1.82, 2.24) is 10.3 Å². The van der Waals surface area contributed by atoms with Crippen LogP contribution in [-0.4, -0.2) is 23.3 Å². The molecule has 2 aromatic carbocycles. The Hall–Kier alpha value is -3.81. The summed E-state index contributed by atoms with van der Waals surface area (Å²) in [6.45, 7) is 3.19. The summed E-state index contributed by atoms with van der Waals surface area (Å²) in [6.07, 6.45) is -13.3. The average Bonchev–Trinajstić information content (AvgIpc) is 3.17. The fourth-order valence-corrected chi connectivity index (χ4v) is 4.64. The Morgan fingerprint density at radius 2 is 1.49 bits per heavy atom. The lowest BCUT2D eigenvalue weighted by Gasteiger charge is -2.30. The molecule has 1 fully saturated rings. The van der Waals surface area contributed by atoms with Crippen molar-refractivity contribution in [1.29, 1.82) is 0 Å². The number of hydrogen-bond acceptors (Lipinski definition) is 4. The third-order valence-corrected chi connectivity index (χ3v) is 6.57. The highest BCUT2D eigenvalue weighted by atomic mass is 19.4. The van der Waals surface area contributed by atoms with Crippen molar-refractivity contribution < 1.29 is 49.0 Å². The van der Waals surface area contributed by atoms with Gasteiger partial charge in [0.15, 0.2) is 0 Å². The number of rotatable bonds is 6. The second-order valence-electron chi connectivity index (χ2n) is 9.88. The Bertz CT molecular complexity index is 1380. The Kier molecular flexibility index (Phi) is 7.76. The molecule has 5 nitrogen and oxygen atoms in total. The van der Waals surface area contributed by atoms with E-state index in [1.165, 1.54) is 23.1 Å². The second-order valence-corrected chi connectivity index (χ2v) is 9.88. The summed E-state index contributed by atoms with van der Waals surface area (Å²) in [6, 6.07) is 8.64. The lowest BCUT2D eigenvalue weighted by atomic mass is 9.93. The maximum atomic E-state index is 13.6. The molecule has 1 aliphatic heterocycles. The van der Waals surface area contributed by atoms with Gasteiger partial charge in [0, 0.05) is 17.4 Å². The first kappa shape index (κ1) is 30.2. The highest BCUT2D eigenvalue weighted by molar-refractivity contribution is 6.00. The highest BCUT2D eigenvalue weighted by Crippen LogP contribution is 2.41. The van der Waals surface area contributed by atoms with Gasteiger partial charge in [0.2, 0.25) is 5.91 Å². The molecule has 0 spiro atoms. The molecule has 2 unspecified atom stereocenters. The first-order valence-corrected chi connectivity index (χ1v) is 12.0. The van der Waals surface area contributed by atoms with E-state index in [9.17, 15) is 44.3 Å². The van der Waals surface area contributed by atoms with Crippen LogP contribution in [0.1, 0.15) is 48.7 Å². The Morgan fingerprint density at radius 1 is 0.854 bits per heavy atom. The predicted molar refractivity (Wildman–Crippen MR) is 129 cm³/mol. The third kappa shape index (κ3) is 6.92. The number of carbonyl (C=O) groups excluding carboxylic acids is 1. The van der Waals surface area contributed by atoms with Crippen molar-refractivity contribution in [2.24, 2.45) is 0 Å². The first-order chi connectivity index (χ1) is 18.8. The summed E-state index contributed by atoms with van der Waals surface area (Å²) in [5, 5.41) is 3.06. The van der Waals surface area contributed by atoms with Gasteiger partial charge in [-0.25, -0.2) is 0 Å². The Balaban J connectivity index is 1.68.